The van der Waals surface area contributed by atoms with Crippen LogP contribution < -0.4 is 5.32 Å². The fourth-order valence-corrected chi connectivity index (χ4v) is 1.77. The second kappa shape index (κ2) is 5.39. The first-order valence-electron chi connectivity index (χ1n) is 4.34. The fraction of sp³-hybridized carbons (Fsp3) is 0.400. The predicted octanol–water partition coefficient (Wildman–Crippen LogP) is 1.87. The minimum absolute atomic E-state index is 0.0328. The van der Waals surface area contributed by atoms with Gasteiger partial charge in [0.1, 0.15) is 6.07 Å². The van der Waals surface area contributed by atoms with Crippen LogP contribution in [0, 0.1) is 28.6 Å². The average molecular weight is 205 g/mol. The van der Waals surface area contributed by atoms with Gasteiger partial charge in [-0.15, -0.1) is 11.3 Å². The third kappa shape index (κ3) is 3.18. The van der Waals surface area contributed by atoms with Crippen LogP contribution in [0.1, 0.15) is 17.4 Å². The van der Waals surface area contributed by atoms with Gasteiger partial charge >= 0.3 is 0 Å². The zero-order chi connectivity index (χ0) is 10.4. The van der Waals surface area contributed by atoms with Crippen molar-refractivity contribution in [2.75, 3.05) is 6.54 Å². The van der Waals surface area contributed by atoms with Crippen LogP contribution in [0.25, 0.3) is 0 Å². The molecule has 0 fully saturated rings. The van der Waals surface area contributed by atoms with Crippen LogP contribution >= 0.6 is 11.3 Å². The van der Waals surface area contributed by atoms with Gasteiger partial charge in [-0.2, -0.15) is 10.5 Å². The molecule has 0 aromatic carbocycles. The Balaban J connectivity index is 2.33. The Kier molecular flexibility index (Phi) is 4.12. The quantitative estimate of drug-likeness (QED) is 0.816. The third-order valence-electron chi connectivity index (χ3n) is 1.75. The largest absolute Gasteiger partial charge is 0.311 e. The highest BCUT2D eigenvalue weighted by molar-refractivity contribution is 7.10. The maximum absolute atomic E-state index is 8.60. The molecule has 0 aliphatic heterocycles. The zero-order valence-electron chi connectivity index (χ0n) is 7.95. The second-order valence-electron chi connectivity index (χ2n) is 3.07. The molecule has 1 unspecified atom stereocenters. The average Bonchev–Trinajstić information content (AvgIpc) is 2.65. The van der Waals surface area contributed by atoms with Crippen LogP contribution in [0.3, 0.4) is 0 Å². The van der Waals surface area contributed by atoms with Crippen LogP contribution in [0.4, 0.5) is 0 Å². The molecule has 0 radical (unpaired) electrons. The van der Waals surface area contributed by atoms with E-state index in [1.165, 1.54) is 0 Å². The number of hydrogen-bond acceptors (Lipinski definition) is 4. The van der Waals surface area contributed by atoms with Gasteiger partial charge in [0.25, 0.3) is 0 Å². The molecule has 1 N–H and O–H groups in total. The lowest BCUT2D eigenvalue weighted by Crippen LogP contribution is -2.19. The van der Waals surface area contributed by atoms with Crippen molar-refractivity contribution in [3.05, 3.63) is 21.9 Å². The first-order chi connectivity index (χ1) is 6.76. The normalized spacial score (nSPS) is 11.6. The molecular weight excluding hydrogens is 194 g/mol. The molecule has 0 aliphatic rings. The monoisotopic (exact) mass is 205 g/mol. The molecule has 0 saturated carbocycles. The van der Waals surface area contributed by atoms with Gasteiger partial charge in [0.2, 0.25) is 0 Å². The Morgan fingerprint density at radius 1 is 1.57 bits per heavy atom. The van der Waals surface area contributed by atoms with Crippen molar-refractivity contribution in [2.45, 2.75) is 13.5 Å². The zero-order valence-corrected chi connectivity index (χ0v) is 8.77. The predicted molar refractivity (Wildman–Crippen MR) is 55.5 cm³/mol. The summed E-state index contributed by atoms with van der Waals surface area (Å²) in [5.74, 6) is 0.0328. The van der Waals surface area contributed by atoms with Crippen molar-refractivity contribution in [2.24, 2.45) is 5.92 Å². The number of nitriles is 2. The van der Waals surface area contributed by atoms with Gasteiger partial charge in [0.15, 0.2) is 0 Å². The topological polar surface area (TPSA) is 59.6 Å². The highest BCUT2D eigenvalue weighted by atomic mass is 32.1. The molecule has 0 bridgehead atoms. The summed E-state index contributed by atoms with van der Waals surface area (Å²) in [5.41, 5.74) is 0.708. The van der Waals surface area contributed by atoms with E-state index in [2.05, 4.69) is 17.5 Å². The molecule has 0 aliphatic carbocycles. The minimum Gasteiger partial charge on any atom is -0.311 e. The van der Waals surface area contributed by atoms with Gasteiger partial charge < -0.3 is 5.32 Å². The molecular formula is C10H11N3S. The Morgan fingerprint density at radius 2 is 2.36 bits per heavy atom. The highest BCUT2D eigenvalue weighted by Gasteiger charge is 2.01. The van der Waals surface area contributed by atoms with Crippen LogP contribution in [0.5, 0.6) is 0 Å². The van der Waals surface area contributed by atoms with Gasteiger partial charge in [-0.3, -0.25) is 0 Å². The smallest absolute Gasteiger partial charge is 0.100 e. The first-order valence-corrected chi connectivity index (χ1v) is 5.22. The SMILES string of the molecule is CC(C#N)CNCc1cc(C#N)cs1. The van der Waals surface area contributed by atoms with E-state index in [4.69, 9.17) is 10.5 Å². The summed E-state index contributed by atoms with van der Waals surface area (Å²) in [5, 5.41) is 22.1. The summed E-state index contributed by atoms with van der Waals surface area (Å²) in [4.78, 5) is 1.13. The molecule has 72 valence electrons. The Morgan fingerprint density at radius 3 is 2.93 bits per heavy atom. The van der Waals surface area contributed by atoms with Gasteiger partial charge in [0, 0.05) is 23.3 Å². The van der Waals surface area contributed by atoms with E-state index in [0.717, 1.165) is 11.4 Å². The molecule has 14 heavy (non-hydrogen) atoms. The first kappa shape index (κ1) is 10.7. The molecule has 1 heterocycles. The number of thiophene rings is 1. The second-order valence-corrected chi connectivity index (χ2v) is 4.07. The van der Waals surface area contributed by atoms with E-state index in [-0.39, 0.29) is 5.92 Å². The molecule has 1 aromatic heterocycles. The Hall–Kier alpha value is -1.36. The van der Waals surface area contributed by atoms with Crippen molar-refractivity contribution in [1.82, 2.24) is 5.32 Å². The van der Waals surface area contributed by atoms with Gasteiger partial charge in [-0.1, -0.05) is 0 Å². The summed E-state index contributed by atoms with van der Waals surface area (Å²) >= 11 is 1.57. The number of nitrogens with zero attached hydrogens (tertiary/aromatic N) is 2. The minimum atomic E-state index is 0.0328. The lowest BCUT2D eigenvalue weighted by atomic mass is 10.2. The summed E-state index contributed by atoms with van der Waals surface area (Å²) in [7, 11) is 0. The molecule has 0 spiro atoms. The van der Waals surface area contributed by atoms with E-state index in [1.54, 1.807) is 11.3 Å². The number of nitrogens with one attached hydrogen (secondary N) is 1. The summed E-state index contributed by atoms with van der Waals surface area (Å²) in [6.07, 6.45) is 0. The lowest BCUT2D eigenvalue weighted by molar-refractivity contribution is 0.605. The molecule has 0 saturated heterocycles. The van der Waals surface area contributed by atoms with E-state index >= 15 is 0 Å². The van der Waals surface area contributed by atoms with E-state index in [0.29, 0.717) is 12.1 Å². The van der Waals surface area contributed by atoms with Crippen LogP contribution in [-0.4, -0.2) is 6.54 Å². The molecule has 1 rings (SSSR count). The third-order valence-corrected chi connectivity index (χ3v) is 2.69. The van der Waals surface area contributed by atoms with Crippen molar-refractivity contribution < 1.29 is 0 Å². The molecule has 0 amide bonds. The number of rotatable bonds is 4. The molecule has 4 heteroatoms. The van der Waals surface area contributed by atoms with Gasteiger partial charge in [-0.25, -0.2) is 0 Å². The Bertz CT molecular complexity index is 369. The molecule has 3 nitrogen and oxygen atoms in total. The van der Waals surface area contributed by atoms with Crippen molar-refractivity contribution >= 4 is 11.3 Å². The summed E-state index contributed by atoms with van der Waals surface area (Å²) in [6, 6.07) is 6.11. The van der Waals surface area contributed by atoms with Crippen LogP contribution in [-0.2, 0) is 6.54 Å². The number of hydrogen-bond donors (Lipinski definition) is 1. The van der Waals surface area contributed by atoms with E-state index in [9.17, 15) is 0 Å². The van der Waals surface area contributed by atoms with Gasteiger partial charge in [0.05, 0.1) is 17.6 Å². The van der Waals surface area contributed by atoms with Crippen molar-refractivity contribution in [1.29, 1.82) is 10.5 Å². The standard InChI is InChI=1S/C10H11N3S/c1-8(3-11)5-13-6-10-2-9(4-12)7-14-10/h2,7-8,13H,5-6H2,1H3. The molecule has 1 aromatic rings. The van der Waals surface area contributed by atoms with Gasteiger partial charge in [-0.05, 0) is 13.0 Å². The van der Waals surface area contributed by atoms with E-state index in [1.807, 2.05) is 18.4 Å². The fourth-order valence-electron chi connectivity index (χ4n) is 0.989. The lowest BCUT2D eigenvalue weighted by Gasteiger charge is -2.02. The van der Waals surface area contributed by atoms with E-state index < -0.39 is 0 Å². The van der Waals surface area contributed by atoms with Crippen LogP contribution in [0.15, 0.2) is 11.4 Å². The van der Waals surface area contributed by atoms with Crippen molar-refractivity contribution in [3.8, 4) is 12.1 Å². The summed E-state index contributed by atoms with van der Waals surface area (Å²) in [6.45, 7) is 3.30. The summed E-state index contributed by atoms with van der Waals surface area (Å²) < 4.78 is 0. The van der Waals surface area contributed by atoms with Crippen LogP contribution in [0.2, 0.25) is 0 Å². The Labute approximate surface area is 87.6 Å². The molecule has 1 atom stereocenters. The van der Waals surface area contributed by atoms with Crippen molar-refractivity contribution in [3.63, 3.8) is 0 Å². The maximum atomic E-state index is 8.60. The maximum Gasteiger partial charge on any atom is 0.100 e. The highest BCUT2D eigenvalue weighted by Crippen LogP contribution is 2.13.